The van der Waals surface area contributed by atoms with Crippen LogP contribution >= 0.6 is 0 Å². The molecule has 7 nitrogen and oxygen atoms in total. The molecule has 0 radical (unpaired) electrons. The summed E-state index contributed by atoms with van der Waals surface area (Å²) in [6.07, 6.45) is 7.73. The first-order chi connectivity index (χ1) is 16.3. The molecule has 2 aromatic rings. The van der Waals surface area contributed by atoms with Crippen LogP contribution in [-0.2, 0) is 0 Å². The number of aromatic nitrogens is 3. The number of nitrogens with two attached hydrogens (primary N) is 1. The molecule has 0 amide bonds. The molecule has 34 heavy (non-hydrogen) atoms. The van der Waals surface area contributed by atoms with E-state index in [1.54, 1.807) is 10.9 Å². The predicted molar refractivity (Wildman–Crippen MR) is 131 cm³/mol. The van der Waals surface area contributed by atoms with Gasteiger partial charge in [-0.2, -0.15) is 0 Å². The van der Waals surface area contributed by atoms with Crippen molar-refractivity contribution in [2.75, 3.05) is 11.9 Å². The number of anilines is 1. The zero-order chi connectivity index (χ0) is 24.2. The molecular weight excluding hydrogens is 436 g/mol. The van der Waals surface area contributed by atoms with E-state index in [2.05, 4.69) is 27.3 Å². The standard InChI is InChI=1S/C25H25F2N7/c1-15-4-3-5-25(32-15)34-23(18-6-7-30-22(10-18)21(13-28)16(2)29)12-24(33-34)31-14-17-8-19(26)11-20(27)9-17/h3-8,10-13,20,28,30H,2,9,14,29H2,1H3,(H,31,33)/b22-21+,28-13?. The van der Waals surface area contributed by atoms with Crippen LogP contribution < -0.4 is 16.4 Å². The number of pyridine rings is 1. The van der Waals surface area contributed by atoms with E-state index < -0.39 is 12.0 Å². The molecule has 0 bridgehead atoms. The van der Waals surface area contributed by atoms with Gasteiger partial charge in [0.2, 0.25) is 0 Å². The smallest absolute Gasteiger partial charge is 0.154 e. The van der Waals surface area contributed by atoms with Crippen molar-refractivity contribution in [2.24, 2.45) is 5.73 Å². The molecule has 1 aliphatic heterocycles. The highest BCUT2D eigenvalue weighted by Gasteiger charge is 2.18. The highest BCUT2D eigenvalue weighted by molar-refractivity contribution is 5.86. The molecule has 2 aliphatic rings. The fourth-order valence-corrected chi connectivity index (χ4v) is 3.73. The topological polar surface area (TPSA) is 105 Å². The van der Waals surface area contributed by atoms with Gasteiger partial charge in [0.05, 0.1) is 5.69 Å². The molecule has 4 rings (SSSR count). The molecule has 0 saturated carbocycles. The minimum atomic E-state index is -1.33. The number of halogens is 2. The molecule has 3 heterocycles. The van der Waals surface area contributed by atoms with Gasteiger partial charge >= 0.3 is 0 Å². The van der Waals surface area contributed by atoms with Gasteiger partial charge in [0, 0.05) is 59.7 Å². The van der Waals surface area contributed by atoms with Crippen LogP contribution in [0.5, 0.6) is 0 Å². The molecular formula is C25H25F2N7. The number of alkyl halides is 1. The van der Waals surface area contributed by atoms with Crippen molar-refractivity contribution in [3.63, 3.8) is 0 Å². The molecule has 0 spiro atoms. The Balaban J connectivity index is 1.73. The van der Waals surface area contributed by atoms with E-state index in [1.807, 2.05) is 43.3 Å². The average molecular weight is 462 g/mol. The van der Waals surface area contributed by atoms with Gasteiger partial charge in [-0.15, -0.1) is 5.10 Å². The van der Waals surface area contributed by atoms with Crippen LogP contribution in [0.4, 0.5) is 14.6 Å². The number of rotatable bonds is 7. The summed E-state index contributed by atoms with van der Waals surface area (Å²) in [6, 6.07) is 7.47. The van der Waals surface area contributed by atoms with Gasteiger partial charge in [0.15, 0.2) is 5.82 Å². The number of aryl methyl sites for hydroxylation is 1. The van der Waals surface area contributed by atoms with Crippen molar-refractivity contribution in [3.8, 4) is 5.82 Å². The van der Waals surface area contributed by atoms with Gasteiger partial charge < -0.3 is 21.8 Å². The van der Waals surface area contributed by atoms with E-state index in [1.165, 1.54) is 6.08 Å². The Hall–Kier alpha value is -4.27. The Morgan fingerprint density at radius 1 is 1.41 bits per heavy atom. The van der Waals surface area contributed by atoms with E-state index in [9.17, 15) is 8.78 Å². The van der Waals surface area contributed by atoms with Gasteiger partial charge in [-0.25, -0.2) is 18.4 Å². The minimum absolute atomic E-state index is 0.135. The second-order valence-corrected chi connectivity index (χ2v) is 7.97. The summed E-state index contributed by atoms with van der Waals surface area (Å²) in [5.74, 6) is 0.573. The van der Waals surface area contributed by atoms with Gasteiger partial charge in [-0.1, -0.05) is 12.6 Å². The first-order valence-electron chi connectivity index (χ1n) is 10.7. The first-order valence-corrected chi connectivity index (χ1v) is 10.7. The van der Waals surface area contributed by atoms with Gasteiger partial charge in [-0.05, 0) is 48.9 Å². The lowest BCUT2D eigenvalue weighted by atomic mass is 10.0. The fourth-order valence-electron chi connectivity index (χ4n) is 3.73. The maximum Gasteiger partial charge on any atom is 0.154 e. The van der Waals surface area contributed by atoms with E-state index in [-0.39, 0.29) is 18.7 Å². The number of dihydropyridines is 1. The Bertz CT molecular complexity index is 1290. The second kappa shape index (κ2) is 9.70. The van der Waals surface area contributed by atoms with Gasteiger partial charge in [0.25, 0.3) is 0 Å². The summed E-state index contributed by atoms with van der Waals surface area (Å²) in [7, 11) is 0. The highest BCUT2D eigenvalue weighted by Crippen LogP contribution is 2.27. The molecule has 1 aliphatic carbocycles. The van der Waals surface area contributed by atoms with Crippen molar-refractivity contribution in [2.45, 2.75) is 19.5 Å². The van der Waals surface area contributed by atoms with Crippen molar-refractivity contribution in [1.82, 2.24) is 20.1 Å². The van der Waals surface area contributed by atoms with Crippen LogP contribution in [0.3, 0.4) is 0 Å². The molecule has 2 aromatic heterocycles. The monoisotopic (exact) mass is 461 g/mol. The molecule has 0 fully saturated rings. The summed E-state index contributed by atoms with van der Waals surface area (Å²) in [5.41, 5.74) is 10.2. The summed E-state index contributed by atoms with van der Waals surface area (Å²) in [5, 5.41) is 18.6. The van der Waals surface area contributed by atoms with Crippen molar-refractivity contribution in [3.05, 3.63) is 101 Å². The predicted octanol–water partition coefficient (Wildman–Crippen LogP) is 4.39. The Morgan fingerprint density at radius 3 is 2.94 bits per heavy atom. The maximum absolute atomic E-state index is 13.7. The fraction of sp³-hybridized carbons (Fsp3) is 0.160. The number of allylic oxidation sites excluding steroid dienone is 7. The van der Waals surface area contributed by atoms with E-state index in [0.717, 1.165) is 29.3 Å². The second-order valence-electron chi connectivity index (χ2n) is 7.97. The van der Waals surface area contributed by atoms with Crippen LogP contribution in [0.15, 0.2) is 89.7 Å². The lowest BCUT2D eigenvalue weighted by molar-refractivity contribution is 0.385. The highest BCUT2D eigenvalue weighted by atomic mass is 19.1. The molecule has 0 aromatic carbocycles. The summed E-state index contributed by atoms with van der Waals surface area (Å²) in [6.45, 7) is 5.88. The van der Waals surface area contributed by atoms with Crippen molar-refractivity contribution in [1.29, 1.82) is 5.41 Å². The molecule has 1 unspecified atom stereocenters. The molecule has 174 valence electrons. The van der Waals surface area contributed by atoms with Gasteiger partial charge in [0.1, 0.15) is 17.8 Å². The van der Waals surface area contributed by atoms with Crippen molar-refractivity contribution < 1.29 is 8.78 Å². The molecule has 1 atom stereocenters. The third kappa shape index (κ3) is 5.03. The summed E-state index contributed by atoms with van der Waals surface area (Å²) >= 11 is 0. The molecule has 9 heteroatoms. The van der Waals surface area contributed by atoms with E-state index in [0.29, 0.717) is 28.5 Å². The normalized spacial score (nSPS) is 18.9. The molecule has 5 N–H and O–H groups in total. The number of hydrogen-bond acceptors (Lipinski definition) is 6. The minimum Gasteiger partial charge on any atom is -0.399 e. The zero-order valence-electron chi connectivity index (χ0n) is 18.6. The van der Waals surface area contributed by atoms with Crippen LogP contribution in [-0.4, -0.2) is 33.7 Å². The average Bonchev–Trinajstić information content (AvgIpc) is 3.22. The third-order valence-corrected chi connectivity index (χ3v) is 5.31. The van der Waals surface area contributed by atoms with E-state index >= 15 is 0 Å². The number of nitrogens with one attached hydrogen (secondary N) is 3. The SMILES string of the molecule is C=C(N)/C(C=N)=C1\C=C(c2cc(NCC3=CC(F)=CC(F)C3)nn2-c2cccc(C)n2)C=CN1. The lowest BCUT2D eigenvalue weighted by Gasteiger charge is -2.15. The van der Waals surface area contributed by atoms with Gasteiger partial charge in [-0.3, -0.25) is 0 Å². The van der Waals surface area contributed by atoms with Crippen LogP contribution in [0.25, 0.3) is 11.4 Å². The summed E-state index contributed by atoms with van der Waals surface area (Å²) in [4.78, 5) is 4.59. The Labute approximate surface area is 196 Å². The van der Waals surface area contributed by atoms with E-state index in [4.69, 9.17) is 11.1 Å². The number of hydrogen-bond donors (Lipinski definition) is 4. The van der Waals surface area contributed by atoms with Crippen LogP contribution in [0, 0.1) is 12.3 Å². The van der Waals surface area contributed by atoms with Crippen LogP contribution in [0.2, 0.25) is 0 Å². The zero-order valence-corrected chi connectivity index (χ0v) is 18.6. The lowest BCUT2D eigenvalue weighted by Crippen LogP contribution is -2.15. The Morgan fingerprint density at radius 2 is 2.24 bits per heavy atom. The Kier molecular flexibility index (Phi) is 6.53. The largest absolute Gasteiger partial charge is 0.399 e. The van der Waals surface area contributed by atoms with Crippen LogP contribution in [0.1, 0.15) is 17.8 Å². The first kappa shape index (κ1) is 22.9. The third-order valence-electron chi connectivity index (χ3n) is 5.31. The van der Waals surface area contributed by atoms with Crippen molar-refractivity contribution >= 4 is 17.6 Å². The number of nitrogens with zero attached hydrogens (tertiary/aromatic N) is 3. The quantitative estimate of drug-likeness (QED) is 0.458. The maximum atomic E-state index is 13.7. The molecule has 0 saturated heterocycles. The summed E-state index contributed by atoms with van der Waals surface area (Å²) < 4.78 is 29.0.